The Hall–Kier alpha value is -3.26. The molecule has 1 aliphatic carbocycles. The van der Waals surface area contributed by atoms with Crippen LogP contribution < -0.4 is 4.74 Å². The molecule has 2 fully saturated rings. The lowest BCUT2D eigenvalue weighted by Gasteiger charge is -2.27. The fourth-order valence-electron chi connectivity index (χ4n) is 6.18. The summed E-state index contributed by atoms with van der Waals surface area (Å²) in [5.74, 6) is 2.65. The SMILES string of the molecule is Cn1c(-c2ncc(C3CCC3)n2CCCc2ccc(OC3CCCN(C(=O)OC(C)(C)C)CC3)cc2)cc2sccc21. The van der Waals surface area contributed by atoms with Gasteiger partial charge in [0, 0.05) is 50.9 Å². The molecule has 0 bridgehead atoms. The molecular weight excluding hydrogens is 544 g/mol. The third kappa shape index (κ3) is 6.38. The summed E-state index contributed by atoms with van der Waals surface area (Å²) in [6.07, 6.45) is 10.6. The number of hydrogen-bond acceptors (Lipinski definition) is 5. The molecule has 1 atom stereocenters. The minimum atomic E-state index is -0.472. The average Bonchev–Trinajstić information content (AvgIpc) is 3.56. The number of fused-ring (bicyclic) bond motifs is 1. The first-order chi connectivity index (χ1) is 20.2. The molecule has 0 spiro atoms. The Morgan fingerprint density at radius 1 is 1.05 bits per heavy atom. The van der Waals surface area contributed by atoms with Crippen molar-refractivity contribution in [3.8, 4) is 17.3 Å². The zero-order chi connectivity index (χ0) is 29.3. The summed E-state index contributed by atoms with van der Waals surface area (Å²) in [6.45, 7) is 8.08. The maximum absolute atomic E-state index is 12.5. The lowest BCUT2D eigenvalue weighted by atomic mass is 9.83. The molecule has 4 heterocycles. The summed E-state index contributed by atoms with van der Waals surface area (Å²) in [5.41, 5.74) is 4.74. The first-order valence-corrected chi connectivity index (χ1v) is 16.5. The van der Waals surface area contributed by atoms with Crippen molar-refractivity contribution in [1.82, 2.24) is 19.0 Å². The Morgan fingerprint density at radius 2 is 1.86 bits per heavy atom. The van der Waals surface area contributed by atoms with E-state index in [1.54, 1.807) is 11.3 Å². The second-order valence-electron chi connectivity index (χ2n) is 12.9. The monoisotopic (exact) mass is 588 g/mol. The van der Waals surface area contributed by atoms with E-state index in [4.69, 9.17) is 14.5 Å². The highest BCUT2D eigenvalue weighted by atomic mass is 32.1. The topological polar surface area (TPSA) is 61.5 Å². The summed E-state index contributed by atoms with van der Waals surface area (Å²) in [7, 11) is 2.15. The maximum Gasteiger partial charge on any atom is 0.410 e. The van der Waals surface area contributed by atoms with Gasteiger partial charge in [-0.2, -0.15) is 0 Å². The highest BCUT2D eigenvalue weighted by Gasteiger charge is 2.27. The zero-order valence-corrected chi connectivity index (χ0v) is 26.3. The smallest absolute Gasteiger partial charge is 0.410 e. The van der Waals surface area contributed by atoms with Crippen molar-refractivity contribution in [2.75, 3.05) is 13.1 Å². The van der Waals surface area contributed by atoms with Gasteiger partial charge in [0.1, 0.15) is 17.5 Å². The molecule has 1 unspecified atom stereocenters. The highest BCUT2D eigenvalue weighted by molar-refractivity contribution is 7.17. The van der Waals surface area contributed by atoms with Crippen LogP contribution in [0.5, 0.6) is 5.75 Å². The molecule has 2 aliphatic rings. The summed E-state index contributed by atoms with van der Waals surface area (Å²) in [5, 5.41) is 2.16. The van der Waals surface area contributed by atoms with E-state index in [2.05, 4.69) is 64.2 Å². The summed E-state index contributed by atoms with van der Waals surface area (Å²) in [6, 6.07) is 13.1. The number of carbonyl (C=O) groups is 1. The molecular formula is C34H44N4O3S. The molecule has 8 heteroatoms. The van der Waals surface area contributed by atoms with E-state index >= 15 is 0 Å². The van der Waals surface area contributed by atoms with Gasteiger partial charge in [0.15, 0.2) is 5.82 Å². The molecule has 7 nitrogen and oxygen atoms in total. The number of hydrogen-bond donors (Lipinski definition) is 0. The molecule has 0 N–H and O–H groups in total. The van der Waals surface area contributed by atoms with Crippen LogP contribution in [0.4, 0.5) is 4.79 Å². The fourth-order valence-corrected chi connectivity index (χ4v) is 7.03. The van der Waals surface area contributed by atoms with Crippen LogP contribution in [0.2, 0.25) is 0 Å². The average molecular weight is 589 g/mol. The number of nitrogens with zero attached hydrogens (tertiary/aromatic N) is 4. The highest BCUT2D eigenvalue weighted by Crippen LogP contribution is 2.39. The lowest BCUT2D eigenvalue weighted by molar-refractivity contribution is 0.0252. The molecule has 1 saturated heterocycles. The normalized spacial score (nSPS) is 18.2. The van der Waals surface area contributed by atoms with Crippen LogP contribution in [0.15, 0.2) is 48.0 Å². The first kappa shape index (κ1) is 28.8. The predicted molar refractivity (Wildman–Crippen MR) is 169 cm³/mol. The van der Waals surface area contributed by atoms with Crippen LogP contribution in [0.3, 0.4) is 0 Å². The molecule has 3 aromatic heterocycles. The van der Waals surface area contributed by atoms with Crippen molar-refractivity contribution >= 4 is 27.6 Å². The zero-order valence-electron chi connectivity index (χ0n) is 25.5. The van der Waals surface area contributed by atoms with Crippen molar-refractivity contribution in [1.29, 1.82) is 0 Å². The third-order valence-electron chi connectivity index (χ3n) is 8.70. The van der Waals surface area contributed by atoms with E-state index < -0.39 is 5.60 Å². The number of aryl methyl sites for hydroxylation is 2. The summed E-state index contributed by atoms with van der Waals surface area (Å²) in [4.78, 5) is 19.3. The molecule has 0 radical (unpaired) electrons. The van der Waals surface area contributed by atoms with Gasteiger partial charge in [0.25, 0.3) is 0 Å². The third-order valence-corrected chi connectivity index (χ3v) is 9.56. The molecule has 6 rings (SSSR count). The van der Waals surface area contributed by atoms with Crippen LogP contribution in [-0.2, 0) is 24.8 Å². The van der Waals surface area contributed by atoms with E-state index in [9.17, 15) is 4.79 Å². The molecule has 4 aromatic rings. The lowest BCUT2D eigenvalue weighted by Crippen LogP contribution is -2.37. The van der Waals surface area contributed by atoms with Gasteiger partial charge in [-0.15, -0.1) is 11.3 Å². The Balaban J connectivity index is 1.05. The standard InChI is InChI=1S/C34H44N4O3S/c1-34(2,3)41-33(39)37-18-7-11-26(16-20-37)40-27-14-12-24(13-15-27)8-6-19-38-30(25-9-5-10-25)23-35-32(38)29-22-31-28(36(29)4)17-21-42-31/h12-15,17,21-23,25-26H,5-11,16,18-20H2,1-4H3. The van der Waals surface area contributed by atoms with E-state index in [1.807, 2.05) is 25.7 Å². The van der Waals surface area contributed by atoms with Gasteiger partial charge >= 0.3 is 6.09 Å². The molecule has 1 aromatic carbocycles. The number of aromatic nitrogens is 3. The summed E-state index contributed by atoms with van der Waals surface area (Å²) < 4.78 is 18.0. The number of ether oxygens (including phenoxy) is 2. The van der Waals surface area contributed by atoms with Crippen LogP contribution in [0.25, 0.3) is 21.7 Å². The number of benzene rings is 1. The van der Waals surface area contributed by atoms with Crippen LogP contribution in [0.1, 0.15) is 82.9 Å². The quantitative estimate of drug-likeness (QED) is 0.208. The van der Waals surface area contributed by atoms with Crippen molar-refractivity contribution in [2.24, 2.45) is 7.05 Å². The number of amides is 1. The fraction of sp³-hybridized carbons (Fsp3) is 0.529. The Morgan fingerprint density at radius 3 is 2.57 bits per heavy atom. The first-order valence-electron chi connectivity index (χ1n) is 15.6. The molecule has 42 heavy (non-hydrogen) atoms. The van der Waals surface area contributed by atoms with E-state index in [0.717, 1.165) is 56.8 Å². The Bertz CT molecular complexity index is 1510. The van der Waals surface area contributed by atoms with Crippen molar-refractivity contribution < 1.29 is 14.3 Å². The van der Waals surface area contributed by atoms with Gasteiger partial charge in [-0.25, -0.2) is 9.78 Å². The van der Waals surface area contributed by atoms with Gasteiger partial charge in [-0.05, 0) is 94.5 Å². The molecule has 224 valence electrons. The van der Waals surface area contributed by atoms with Crippen LogP contribution in [-0.4, -0.2) is 49.9 Å². The van der Waals surface area contributed by atoms with Gasteiger partial charge < -0.3 is 23.5 Å². The number of likely N-dealkylation sites (tertiary alicyclic amines) is 1. The van der Waals surface area contributed by atoms with Crippen LogP contribution in [0, 0.1) is 0 Å². The van der Waals surface area contributed by atoms with Gasteiger partial charge in [-0.1, -0.05) is 18.6 Å². The number of thiophene rings is 1. The van der Waals surface area contributed by atoms with E-state index in [-0.39, 0.29) is 12.2 Å². The van der Waals surface area contributed by atoms with Gasteiger partial charge in [-0.3, -0.25) is 0 Å². The van der Waals surface area contributed by atoms with Crippen molar-refractivity contribution in [2.45, 2.75) is 96.3 Å². The molecule has 1 aliphatic heterocycles. The van der Waals surface area contributed by atoms with Crippen molar-refractivity contribution in [3.05, 3.63) is 59.2 Å². The Labute approximate surface area is 253 Å². The van der Waals surface area contributed by atoms with E-state index in [1.165, 1.54) is 46.4 Å². The number of rotatable bonds is 8. The number of carbonyl (C=O) groups excluding carboxylic acids is 1. The second kappa shape index (κ2) is 12.2. The minimum Gasteiger partial charge on any atom is -0.490 e. The summed E-state index contributed by atoms with van der Waals surface area (Å²) >= 11 is 1.79. The second-order valence-corrected chi connectivity index (χ2v) is 13.9. The van der Waals surface area contributed by atoms with E-state index in [0.29, 0.717) is 12.5 Å². The Kier molecular flexibility index (Phi) is 8.35. The van der Waals surface area contributed by atoms with Crippen LogP contribution >= 0.6 is 11.3 Å². The number of imidazole rings is 1. The van der Waals surface area contributed by atoms with Crippen molar-refractivity contribution in [3.63, 3.8) is 0 Å². The predicted octanol–water partition coefficient (Wildman–Crippen LogP) is 8.17. The largest absolute Gasteiger partial charge is 0.490 e. The minimum absolute atomic E-state index is 0.112. The maximum atomic E-state index is 12.5. The van der Waals surface area contributed by atoms with Gasteiger partial charge in [0.05, 0.1) is 15.9 Å². The molecule has 1 saturated carbocycles. The molecule has 1 amide bonds. The van der Waals surface area contributed by atoms with Gasteiger partial charge in [0.2, 0.25) is 0 Å².